The number of hydrogen-bond acceptors (Lipinski definition) is 3. The van der Waals surface area contributed by atoms with Gasteiger partial charge in [0.05, 0.1) is 5.60 Å². The fourth-order valence-corrected chi connectivity index (χ4v) is 3.82. The fourth-order valence-electron chi connectivity index (χ4n) is 3.82. The Bertz CT molecular complexity index is 516. The highest BCUT2D eigenvalue weighted by Crippen LogP contribution is 2.26. The predicted molar refractivity (Wildman–Crippen MR) is 86.3 cm³/mol. The van der Waals surface area contributed by atoms with Crippen LogP contribution in [-0.2, 0) is 6.54 Å². The highest BCUT2D eigenvalue weighted by atomic mass is 19.1. The Hall–Kier alpha value is -0.970. The number of nitrogens with zero attached hydrogens (tertiary/aromatic N) is 2. The van der Waals surface area contributed by atoms with Crippen molar-refractivity contribution in [1.82, 2.24) is 9.80 Å². The van der Waals surface area contributed by atoms with Gasteiger partial charge in [0.1, 0.15) is 5.82 Å². The molecule has 1 N–H and O–H groups in total. The van der Waals surface area contributed by atoms with E-state index in [0.717, 1.165) is 56.8 Å². The van der Waals surface area contributed by atoms with E-state index in [1.54, 1.807) is 6.07 Å². The molecule has 0 spiro atoms. The average Bonchev–Trinajstić information content (AvgIpc) is 2.84. The summed E-state index contributed by atoms with van der Waals surface area (Å²) in [5, 5.41) is 10.9. The first-order valence-corrected chi connectivity index (χ1v) is 8.46. The minimum absolute atomic E-state index is 0.177. The lowest BCUT2D eigenvalue weighted by Gasteiger charge is -2.33. The molecule has 0 unspecified atom stereocenters. The normalized spacial score (nSPS) is 27.4. The number of rotatable bonds is 4. The molecule has 122 valence electrons. The molecule has 1 atom stereocenters. The summed E-state index contributed by atoms with van der Waals surface area (Å²) in [7, 11) is 0. The standard InChI is InChI=1S/C18H27FN2O/c1-15-11-17(19)6-5-16(15)12-21-10-7-18(22,14-21)13-20-8-3-2-4-9-20/h5-6,11,22H,2-4,7-10,12-14H2,1H3/t18-/m1/s1. The molecular weight excluding hydrogens is 279 g/mol. The molecular formula is C18H27FN2O. The van der Waals surface area contributed by atoms with E-state index in [1.807, 2.05) is 13.0 Å². The molecule has 1 aromatic carbocycles. The smallest absolute Gasteiger partial charge is 0.123 e. The molecule has 2 aliphatic heterocycles. The van der Waals surface area contributed by atoms with Crippen LogP contribution in [-0.4, -0.2) is 53.2 Å². The van der Waals surface area contributed by atoms with Crippen LogP contribution in [0.1, 0.15) is 36.8 Å². The number of β-amino-alcohol motifs (C(OH)–C–C–N with tert-alkyl or cyclic N) is 1. The molecule has 0 amide bonds. The third kappa shape index (κ3) is 3.86. The summed E-state index contributed by atoms with van der Waals surface area (Å²) in [5.74, 6) is -0.177. The first kappa shape index (κ1) is 15.9. The zero-order valence-electron chi connectivity index (χ0n) is 13.5. The van der Waals surface area contributed by atoms with Gasteiger partial charge in [-0.05, 0) is 62.5 Å². The Morgan fingerprint density at radius 1 is 1.14 bits per heavy atom. The predicted octanol–water partition coefficient (Wildman–Crippen LogP) is 2.56. The molecule has 0 aliphatic carbocycles. The van der Waals surface area contributed by atoms with E-state index in [4.69, 9.17) is 0 Å². The first-order chi connectivity index (χ1) is 10.5. The Morgan fingerprint density at radius 3 is 2.64 bits per heavy atom. The van der Waals surface area contributed by atoms with Gasteiger partial charge in [-0.3, -0.25) is 4.90 Å². The number of aliphatic hydroxyl groups is 1. The van der Waals surface area contributed by atoms with Crippen LogP contribution in [0.4, 0.5) is 4.39 Å². The van der Waals surface area contributed by atoms with Gasteiger partial charge < -0.3 is 10.0 Å². The van der Waals surface area contributed by atoms with E-state index in [9.17, 15) is 9.50 Å². The summed E-state index contributed by atoms with van der Waals surface area (Å²) in [5.41, 5.74) is 1.57. The average molecular weight is 306 g/mol. The first-order valence-electron chi connectivity index (χ1n) is 8.46. The van der Waals surface area contributed by atoms with Gasteiger partial charge in [0, 0.05) is 26.2 Å². The van der Waals surface area contributed by atoms with Crippen molar-refractivity contribution in [2.45, 2.75) is 44.8 Å². The van der Waals surface area contributed by atoms with Crippen molar-refractivity contribution in [3.8, 4) is 0 Å². The number of aryl methyl sites for hydroxylation is 1. The SMILES string of the molecule is Cc1cc(F)ccc1CN1CC[C@@](O)(CN2CCCCC2)C1. The van der Waals surface area contributed by atoms with Crippen LogP contribution in [0.2, 0.25) is 0 Å². The van der Waals surface area contributed by atoms with Gasteiger partial charge in [0.2, 0.25) is 0 Å². The number of likely N-dealkylation sites (tertiary alicyclic amines) is 2. The molecule has 2 saturated heterocycles. The molecule has 2 heterocycles. The molecule has 22 heavy (non-hydrogen) atoms. The molecule has 3 nitrogen and oxygen atoms in total. The molecule has 2 aliphatic rings. The summed E-state index contributed by atoms with van der Waals surface area (Å²) in [4.78, 5) is 4.71. The van der Waals surface area contributed by atoms with Gasteiger partial charge in [0.15, 0.2) is 0 Å². The van der Waals surface area contributed by atoms with E-state index in [1.165, 1.54) is 25.3 Å². The third-order valence-corrected chi connectivity index (χ3v) is 5.08. The van der Waals surface area contributed by atoms with Crippen LogP contribution in [0.15, 0.2) is 18.2 Å². The Balaban J connectivity index is 1.56. The third-order valence-electron chi connectivity index (χ3n) is 5.08. The van der Waals surface area contributed by atoms with Crippen molar-refractivity contribution in [2.24, 2.45) is 0 Å². The summed E-state index contributed by atoms with van der Waals surface area (Å²) in [6, 6.07) is 4.98. The van der Waals surface area contributed by atoms with Crippen molar-refractivity contribution >= 4 is 0 Å². The van der Waals surface area contributed by atoms with Crippen LogP contribution in [0, 0.1) is 12.7 Å². The van der Waals surface area contributed by atoms with Crippen LogP contribution in [0.3, 0.4) is 0 Å². The molecule has 0 aromatic heterocycles. The van der Waals surface area contributed by atoms with Crippen molar-refractivity contribution in [3.05, 3.63) is 35.1 Å². The molecule has 0 bridgehead atoms. The van der Waals surface area contributed by atoms with E-state index in [-0.39, 0.29) is 5.82 Å². The molecule has 0 saturated carbocycles. The van der Waals surface area contributed by atoms with Crippen molar-refractivity contribution in [1.29, 1.82) is 0 Å². The molecule has 0 radical (unpaired) electrons. The fraction of sp³-hybridized carbons (Fsp3) is 0.667. The van der Waals surface area contributed by atoms with Crippen LogP contribution in [0.5, 0.6) is 0 Å². The van der Waals surface area contributed by atoms with Gasteiger partial charge in [0.25, 0.3) is 0 Å². The lowest BCUT2D eigenvalue weighted by atomic mass is 10.0. The molecule has 1 aromatic rings. The van der Waals surface area contributed by atoms with Gasteiger partial charge in [-0.1, -0.05) is 12.5 Å². The number of hydrogen-bond donors (Lipinski definition) is 1. The Morgan fingerprint density at radius 2 is 1.91 bits per heavy atom. The second kappa shape index (κ2) is 6.65. The maximum Gasteiger partial charge on any atom is 0.123 e. The minimum Gasteiger partial charge on any atom is -0.387 e. The maximum absolute atomic E-state index is 13.2. The van der Waals surface area contributed by atoms with Gasteiger partial charge in [-0.2, -0.15) is 0 Å². The monoisotopic (exact) mass is 306 g/mol. The molecule has 4 heteroatoms. The summed E-state index contributed by atoms with van der Waals surface area (Å²) in [6.07, 6.45) is 4.68. The van der Waals surface area contributed by atoms with E-state index < -0.39 is 5.60 Å². The Labute approximate surface area is 132 Å². The number of halogens is 1. The van der Waals surface area contributed by atoms with Crippen molar-refractivity contribution in [3.63, 3.8) is 0 Å². The molecule has 3 rings (SSSR count). The van der Waals surface area contributed by atoms with Crippen LogP contribution >= 0.6 is 0 Å². The highest BCUT2D eigenvalue weighted by molar-refractivity contribution is 5.26. The topological polar surface area (TPSA) is 26.7 Å². The van der Waals surface area contributed by atoms with Crippen molar-refractivity contribution in [2.75, 3.05) is 32.7 Å². The van der Waals surface area contributed by atoms with Crippen LogP contribution < -0.4 is 0 Å². The Kier molecular flexibility index (Phi) is 4.81. The lowest BCUT2D eigenvalue weighted by molar-refractivity contribution is 0.00633. The van der Waals surface area contributed by atoms with Gasteiger partial charge in [-0.25, -0.2) is 4.39 Å². The summed E-state index contributed by atoms with van der Waals surface area (Å²) < 4.78 is 13.2. The van der Waals surface area contributed by atoms with E-state index in [2.05, 4.69) is 9.80 Å². The number of benzene rings is 1. The van der Waals surface area contributed by atoms with E-state index >= 15 is 0 Å². The van der Waals surface area contributed by atoms with Crippen LogP contribution in [0.25, 0.3) is 0 Å². The number of piperidine rings is 1. The zero-order valence-corrected chi connectivity index (χ0v) is 13.5. The second-order valence-corrected chi connectivity index (χ2v) is 7.09. The molecule has 2 fully saturated rings. The largest absolute Gasteiger partial charge is 0.387 e. The zero-order chi connectivity index (χ0) is 15.6. The second-order valence-electron chi connectivity index (χ2n) is 7.09. The summed E-state index contributed by atoms with van der Waals surface area (Å²) >= 11 is 0. The summed E-state index contributed by atoms with van der Waals surface area (Å²) in [6.45, 7) is 7.44. The highest BCUT2D eigenvalue weighted by Gasteiger charge is 2.37. The van der Waals surface area contributed by atoms with Gasteiger partial charge in [-0.15, -0.1) is 0 Å². The lowest BCUT2D eigenvalue weighted by Crippen LogP contribution is -2.46. The van der Waals surface area contributed by atoms with Gasteiger partial charge >= 0.3 is 0 Å². The maximum atomic E-state index is 13.2. The minimum atomic E-state index is -0.578. The van der Waals surface area contributed by atoms with E-state index in [0.29, 0.717) is 0 Å². The quantitative estimate of drug-likeness (QED) is 0.926. The van der Waals surface area contributed by atoms with Crippen molar-refractivity contribution < 1.29 is 9.50 Å².